The highest BCUT2D eigenvalue weighted by atomic mass is 16.2. The fourth-order valence-electron chi connectivity index (χ4n) is 3.10. The van der Waals surface area contributed by atoms with Gasteiger partial charge in [0.15, 0.2) is 0 Å². The standard InChI is InChI=1S/C21H26N2O2/c1-14-6-8-19(9-7-14)22-20(25)10-11-23(18(5)24)21-16(3)12-15(2)13-17(21)4/h6-9,12-13H,10-11H2,1-5H3,(H,22,25). The Balaban J connectivity index is 2.09. The molecule has 0 heterocycles. The van der Waals surface area contributed by atoms with Crippen LogP contribution in [0.5, 0.6) is 0 Å². The summed E-state index contributed by atoms with van der Waals surface area (Å²) in [6.07, 6.45) is 0.250. The van der Waals surface area contributed by atoms with Gasteiger partial charge in [-0.05, 0) is 51.0 Å². The van der Waals surface area contributed by atoms with Crippen LogP contribution in [0.1, 0.15) is 35.6 Å². The molecule has 0 radical (unpaired) electrons. The van der Waals surface area contributed by atoms with Gasteiger partial charge in [-0.3, -0.25) is 9.59 Å². The van der Waals surface area contributed by atoms with Gasteiger partial charge >= 0.3 is 0 Å². The zero-order valence-electron chi connectivity index (χ0n) is 15.6. The summed E-state index contributed by atoms with van der Waals surface area (Å²) >= 11 is 0. The van der Waals surface area contributed by atoms with Gasteiger partial charge in [-0.15, -0.1) is 0 Å². The van der Waals surface area contributed by atoms with Gasteiger partial charge in [-0.25, -0.2) is 0 Å². The molecule has 0 bridgehead atoms. The van der Waals surface area contributed by atoms with E-state index in [-0.39, 0.29) is 18.2 Å². The fraction of sp³-hybridized carbons (Fsp3) is 0.333. The summed E-state index contributed by atoms with van der Waals surface area (Å²) in [5.74, 6) is -0.157. The number of nitrogens with one attached hydrogen (secondary N) is 1. The molecule has 1 N–H and O–H groups in total. The van der Waals surface area contributed by atoms with Gasteiger partial charge in [0.25, 0.3) is 0 Å². The Bertz CT molecular complexity index is 756. The number of benzene rings is 2. The number of nitrogens with zero attached hydrogens (tertiary/aromatic N) is 1. The minimum Gasteiger partial charge on any atom is -0.326 e. The lowest BCUT2D eigenvalue weighted by Crippen LogP contribution is -2.33. The molecule has 0 aromatic heterocycles. The molecule has 0 saturated carbocycles. The van der Waals surface area contributed by atoms with Crippen molar-refractivity contribution >= 4 is 23.2 Å². The highest BCUT2D eigenvalue weighted by Gasteiger charge is 2.18. The van der Waals surface area contributed by atoms with E-state index in [1.165, 1.54) is 12.5 Å². The Hall–Kier alpha value is -2.62. The molecule has 2 rings (SSSR count). The van der Waals surface area contributed by atoms with Gasteiger partial charge < -0.3 is 10.2 Å². The lowest BCUT2D eigenvalue weighted by atomic mass is 10.0. The van der Waals surface area contributed by atoms with Gasteiger partial charge in [0.2, 0.25) is 11.8 Å². The molecule has 132 valence electrons. The number of anilines is 2. The van der Waals surface area contributed by atoms with Crippen molar-refractivity contribution in [3.63, 3.8) is 0 Å². The van der Waals surface area contributed by atoms with Crippen LogP contribution in [0.3, 0.4) is 0 Å². The van der Waals surface area contributed by atoms with Gasteiger partial charge in [-0.2, -0.15) is 0 Å². The molecule has 25 heavy (non-hydrogen) atoms. The van der Waals surface area contributed by atoms with Crippen molar-refractivity contribution < 1.29 is 9.59 Å². The number of carbonyl (C=O) groups excluding carboxylic acids is 2. The Labute approximate surface area is 149 Å². The van der Waals surface area contributed by atoms with Crippen molar-refractivity contribution in [1.82, 2.24) is 0 Å². The molecule has 2 amide bonds. The van der Waals surface area contributed by atoms with E-state index in [0.29, 0.717) is 6.54 Å². The van der Waals surface area contributed by atoms with E-state index in [1.807, 2.05) is 52.0 Å². The third kappa shape index (κ3) is 4.92. The first-order valence-corrected chi connectivity index (χ1v) is 8.50. The van der Waals surface area contributed by atoms with Gasteiger partial charge in [-0.1, -0.05) is 35.4 Å². The minimum atomic E-state index is -0.0995. The third-order valence-corrected chi connectivity index (χ3v) is 4.18. The van der Waals surface area contributed by atoms with E-state index < -0.39 is 0 Å². The smallest absolute Gasteiger partial charge is 0.226 e. The van der Waals surface area contributed by atoms with Crippen molar-refractivity contribution in [3.8, 4) is 0 Å². The summed E-state index contributed by atoms with van der Waals surface area (Å²) in [5, 5.41) is 2.88. The lowest BCUT2D eigenvalue weighted by Gasteiger charge is -2.25. The van der Waals surface area contributed by atoms with E-state index in [0.717, 1.165) is 28.1 Å². The largest absolute Gasteiger partial charge is 0.326 e. The van der Waals surface area contributed by atoms with Crippen molar-refractivity contribution in [1.29, 1.82) is 0 Å². The van der Waals surface area contributed by atoms with E-state index in [1.54, 1.807) is 4.90 Å². The van der Waals surface area contributed by atoms with E-state index in [4.69, 9.17) is 0 Å². The fourth-order valence-corrected chi connectivity index (χ4v) is 3.10. The first-order valence-electron chi connectivity index (χ1n) is 8.50. The van der Waals surface area contributed by atoms with Crippen LogP contribution in [-0.2, 0) is 9.59 Å². The van der Waals surface area contributed by atoms with Crippen LogP contribution in [0.4, 0.5) is 11.4 Å². The van der Waals surface area contributed by atoms with Crippen LogP contribution in [0, 0.1) is 27.7 Å². The molecular formula is C21H26N2O2. The third-order valence-electron chi connectivity index (χ3n) is 4.18. The van der Waals surface area contributed by atoms with Crippen LogP contribution in [0.15, 0.2) is 36.4 Å². The topological polar surface area (TPSA) is 49.4 Å². The first kappa shape index (κ1) is 18.7. The highest BCUT2D eigenvalue weighted by Crippen LogP contribution is 2.26. The van der Waals surface area contributed by atoms with Crippen LogP contribution in [0.25, 0.3) is 0 Å². The number of rotatable bonds is 5. The van der Waals surface area contributed by atoms with Gasteiger partial charge in [0.1, 0.15) is 0 Å². The molecule has 4 nitrogen and oxygen atoms in total. The summed E-state index contributed by atoms with van der Waals surface area (Å²) < 4.78 is 0. The number of amides is 2. The normalized spacial score (nSPS) is 10.4. The summed E-state index contributed by atoms with van der Waals surface area (Å²) in [5.41, 5.74) is 6.08. The predicted molar refractivity (Wildman–Crippen MR) is 103 cm³/mol. The molecule has 0 saturated heterocycles. The maximum Gasteiger partial charge on any atom is 0.226 e. The second-order valence-electron chi connectivity index (χ2n) is 6.58. The van der Waals surface area contributed by atoms with Crippen molar-refractivity contribution in [2.24, 2.45) is 0 Å². The zero-order valence-corrected chi connectivity index (χ0v) is 15.6. The Kier molecular flexibility index (Phi) is 5.97. The maximum absolute atomic E-state index is 12.2. The van der Waals surface area contributed by atoms with E-state index in [2.05, 4.69) is 17.4 Å². The number of carbonyl (C=O) groups is 2. The molecular weight excluding hydrogens is 312 g/mol. The summed E-state index contributed by atoms with van der Waals surface area (Å²) in [7, 11) is 0. The van der Waals surface area contributed by atoms with Crippen molar-refractivity contribution in [2.75, 3.05) is 16.8 Å². The summed E-state index contributed by atoms with van der Waals surface area (Å²) in [6, 6.07) is 11.8. The van der Waals surface area contributed by atoms with Crippen LogP contribution >= 0.6 is 0 Å². The molecule has 2 aromatic carbocycles. The number of hydrogen-bond acceptors (Lipinski definition) is 2. The zero-order chi connectivity index (χ0) is 18.6. The average Bonchev–Trinajstić information content (AvgIpc) is 2.51. The molecule has 0 spiro atoms. The molecule has 0 fully saturated rings. The second-order valence-corrected chi connectivity index (χ2v) is 6.58. The molecule has 0 atom stereocenters. The second kappa shape index (κ2) is 7.97. The molecule has 0 aliphatic rings. The van der Waals surface area contributed by atoms with Crippen LogP contribution < -0.4 is 10.2 Å². The lowest BCUT2D eigenvalue weighted by molar-refractivity contribution is -0.117. The van der Waals surface area contributed by atoms with Gasteiger partial charge in [0, 0.05) is 31.3 Å². The maximum atomic E-state index is 12.2. The van der Waals surface area contributed by atoms with E-state index in [9.17, 15) is 9.59 Å². The monoisotopic (exact) mass is 338 g/mol. The number of hydrogen-bond donors (Lipinski definition) is 1. The highest BCUT2D eigenvalue weighted by molar-refractivity contribution is 5.95. The first-order chi connectivity index (χ1) is 11.8. The van der Waals surface area contributed by atoms with Crippen LogP contribution in [0.2, 0.25) is 0 Å². The Morgan fingerprint density at radius 2 is 1.48 bits per heavy atom. The Morgan fingerprint density at radius 1 is 0.920 bits per heavy atom. The predicted octanol–water partition coefficient (Wildman–Crippen LogP) is 4.30. The van der Waals surface area contributed by atoms with Crippen molar-refractivity contribution in [3.05, 3.63) is 58.7 Å². The summed E-state index contributed by atoms with van der Waals surface area (Å²) in [4.78, 5) is 26.1. The SMILES string of the molecule is CC(=O)N(CCC(=O)Nc1ccc(C)cc1)c1c(C)cc(C)cc1C. The van der Waals surface area contributed by atoms with Crippen LogP contribution in [-0.4, -0.2) is 18.4 Å². The molecule has 0 unspecified atom stereocenters. The number of aryl methyl sites for hydroxylation is 4. The van der Waals surface area contributed by atoms with Crippen molar-refractivity contribution in [2.45, 2.75) is 41.0 Å². The quantitative estimate of drug-likeness (QED) is 0.883. The molecule has 4 heteroatoms. The molecule has 0 aliphatic heterocycles. The summed E-state index contributed by atoms with van der Waals surface area (Å²) in [6.45, 7) is 9.93. The Morgan fingerprint density at radius 3 is 2.00 bits per heavy atom. The molecule has 2 aromatic rings. The average molecular weight is 338 g/mol. The molecule has 0 aliphatic carbocycles. The minimum absolute atomic E-state index is 0.0572. The van der Waals surface area contributed by atoms with Gasteiger partial charge in [0.05, 0.1) is 0 Å². The van der Waals surface area contributed by atoms with E-state index >= 15 is 0 Å².